The SMILES string of the molecule is CC(C)(C)OC(=O)C(C)(O)CNC(=O)NCC(F)(F)F. The fourth-order valence-electron chi connectivity index (χ4n) is 0.956. The highest BCUT2D eigenvalue weighted by molar-refractivity contribution is 5.81. The molecule has 0 rings (SSSR count). The van der Waals surface area contributed by atoms with E-state index in [-0.39, 0.29) is 0 Å². The maximum absolute atomic E-state index is 11.8. The van der Waals surface area contributed by atoms with Gasteiger partial charge in [-0.25, -0.2) is 9.59 Å². The van der Waals surface area contributed by atoms with Crippen LogP contribution in [0.1, 0.15) is 27.7 Å². The van der Waals surface area contributed by atoms with Gasteiger partial charge in [0.25, 0.3) is 0 Å². The Morgan fingerprint density at radius 1 is 1.05 bits per heavy atom. The Morgan fingerprint density at radius 3 is 1.90 bits per heavy atom. The average Bonchev–Trinajstić information content (AvgIpc) is 2.20. The van der Waals surface area contributed by atoms with Crippen molar-refractivity contribution >= 4 is 12.0 Å². The smallest absolute Gasteiger partial charge is 0.405 e. The highest BCUT2D eigenvalue weighted by Gasteiger charge is 2.35. The Hall–Kier alpha value is -1.51. The van der Waals surface area contributed by atoms with E-state index in [0.717, 1.165) is 6.92 Å². The number of hydrogen-bond donors (Lipinski definition) is 3. The van der Waals surface area contributed by atoms with Crippen molar-refractivity contribution in [2.75, 3.05) is 13.1 Å². The van der Waals surface area contributed by atoms with E-state index in [4.69, 9.17) is 4.74 Å². The predicted molar refractivity (Wildman–Crippen MR) is 63.9 cm³/mol. The third-order valence-electron chi connectivity index (χ3n) is 1.88. The molecule has 0 aromatic rings. The number of nitrogens with one attached hydrogen (secondary N) is 2. The van der Waals surface area contributed by atoms with Crippen LogP contribution in [-0.4, -0.2) is 47.6 Å². The summed E-state index contributed by atoms with van der Waals surface area (Å²) in [6.07, 6.45) is -4.54. The summed E-state index contributed by atoms with van der Waals surface area (Å²) in [5.41, 5.74) is -2.87. The molecule has 0 aromatic heterocycles. The lowest BCUT2D eigenvalue weighted by Gasteiger charge is -2.27. The highest BCUT2D eigenvalue weighted by atomic mass is 19.4. The molecule has 1 unspecified atom stereocenters. The molecule has 0 aliphatic carbocycles. The molecule has 0 saturated carbocycles. The van der Waals surface area contributed by atoms with Crippen LogP contribution < -0.4 is 10.6 Å². The third kappa shape index (κ3) is 8.57. The van der Waals surface area contributed by atoms with Crippen LogP contribution in [0.5, 0.6) is 0 Å². The van der Waals surface area contributed by atoms with Crippen molar-refractivity contribution in [1.82, 2.24) is 10.6 Å². The number of rotatable bonds is 4. The van der Waals surface area contributed by atoms with Gasteiger partial charge in [-0.2, -0.15) is 13.2 Å². The van der Waals surface area contributed by atoms with Gasteiger partial charge in [0.15, 0.2) is 5.60 Å². The van der Waals surface area contributed by atoms with E-state index in [1.54, 1.807) is 26.1 Å². The van der Waals surface area contributed by atoms with Gasteiger partial charge < -0.3 is 20.5 Å². The Morgan fingerprint density at radius 2 is 1.50 bits per heavy atom. The summed E-state index contributed by atoms with van der Waals surface area (Å²) in [5, 5.41) is 13.3. The number of alkyl halides is 3. The van der Waals surface area contributed by atoms with Gasteiger partial charge in [-0.15, -0.1) is 0 Å². The number of carbonyl (C=O) groups excluding carboxylic acids is 2. The second-order valence-electron chi connectivity index (χ2n) is 5.43. The fraction of sp³-hybridized carbons (Fsp3) is 0.818. The van der Waals surface area contributed by atoms with Crippen molar-refractivity contribution in [3.8, 4) is 0 Å². The van der Waals surface area contributed by atoms with Crippen LogP contribution in [0.15, 0.2) is 0 Å². The molecule has 0 aliphatic rings. The minimum Gasteiger partial charge on any atom is -0.458 e. The normalized spacial score (nSPS) is 15.2. The Bertz CT molecular complexity index is 362. The van der Waals surface area contributed by atoms with Gasteiger partial charge >= 0.3 is 18.2 Å². The predicted octanol–water partition coefficient (Wildman–Crippen LogP) is 0.941. The number of halogens is 3. The second-order valence-corrected chi connectivity index (χ2v) is 5.43. The minimum absolute atomic E-state index is 0.578. The number of esters is 1. The zero-order valence-electron chi connectivity index (χ0n) is 11.7. The van der Waals surface area contributed by atoms with E-state index >= 15 is 0 Å². The van der Waals surface area contributed by atoms with Crippen molar-refractivity contribution in [2.24, 2.45) is 0 Å². The molecule has 118 valence electrons. The summed E-state index contributed by atoms with van der Waals surface area (Å²) in [4.78, 5) is 22.6. The molecule has 6 nitrogen and oxygen atoms in total. The zero-order chi connectivity index (χ0) is 16.2. The van der Waals surface area contributed by atoms with E-state index in [1.165, 1.54) is 0 Å². The zero-order valence-corrected chi connectivity index (χ0v) is 11.7. The van der Waals surface area contributed by atoms with E-state index < -0.39 is 42.5 Å². The number of ether oxygens (including phenoxy) is 1. The monoisotopic (exact) mass is 300 g/mol. The number of urea groups is 1. The molecule has 3 N–H and O–H groups in total. The highest BCUT2D eigenvalue weighted by Crippen LogP contribution is 2.14. The van der Waals surface area contributed by atoms with Crippen molar-refractivity contribution in [3.63, 3.8) is 0 Å². The summed E-state index contributed by atoms with van der Waals surface area (Å²) in [7, 11) is 0. The Balaban J connectivity index is 4.28. The lowest BCUT2D eigenvalue weighted by Crippen LogP contribution is -2.52. The van der Waals surface area contributed by atoms with Crippen molar-refractivity contribution in [2.45, 2.75) is 45.1 Å². The van der Waals surface area contributed by atoms with Crippen LogP contribution >= 0.6 is 0 Å². The Kier molecular flexibility index (Phi) is 5.82. The van der Waals surface area contributed by atoms with E-state index in [2.05, 4.69) is 0 Å². The van der Waals surface area contributed by atoms with Gasteiger partial charge in [0.1, 0.15) is 12.1 Å². The largest absolute Gasteiger partial charge is 0.458 e. The average molecular weight is 300 g/mol. The number of aliphatic hydroxyl groups is 1. The number of hydrogen-bond acceptors (Lipinski definition) is 4. The molecule has 0 radical (unpaired) electrons. The van der Waals surface area contributed by atoms with Crippen LogP contribution in [-0.2, 0) is 9.53 Å². The van der Waals surface area contributed by atoms with Gasteiger partial charge in [0.05, 0.1) is 6.54 Å². The number of amides is 2. The molecule has 20 heavy (non-hydrogen) atoms. The molecule has 2 amide bonds. The molecule has 0 bridgehead atoms. The second kappa shape index (κ2) is 6.29. The maximum atomic E-state index is 11.8. The molecule has 0 aromatic carbocycles. The number of carbonyl (C=O) groups is 2. The first kappa shape index (κ1) is 18.5. The van der Waals surface area contributed by atoms with E-state index in [9.17, 15) is 27.9 Å². The van der Waals surface area contributed by atoms with Crippen LogP contribution in [0.25, 0.3) is 0 Å². The molecule has 0 saturated heterocycles. The van der Waals surface area contributed by atoms with Crippen molar-refractivity contribution in [3.05, 3.63) is 0 Å². The first-order valence-electron chi connectivity index (χ1n) is 5.77. The van der Waals surface area contributed by atoms with Gasteiger partial charge in [-0.3, -0.25) is 0 Å². The molecule has 0 heterocycles. The van der Waals surface area contributed by atoms with Crippen LogP contribution in [0.3, 0.4) is 0 Å². The van der Waals surface area contributed by atoms with Gasteiger partial charge in [0.2, 0.25) is 0 Å². The molecule has 9 heteroatoms. The Labute approximate surface area is 114 Å². The molecule has 1 atom stereocenters. The summed E-state index contributed by atoms with van der Waals surface area (Å²) < 4.78 is 40.4. The fourth-order valence-corrected chi connectivity index (χ4v) is 0.956. The minimum atomic E-state index is -4.54. The summed E-state index contributed by atoms with van der Waals surface area (Å²) >= 11 is 0. The summed E-state index contributed by atoms with van der Waals surface area (Å²) in [6, 6.07) is -1.15. The molecular formula is C11H19F3N2O4. The van der Waals surface area contributed by atoms with Crippen molar-refractivity contribution < 1.29 is 32.6 Å². The topological polar surface area (TPSA) is 87.7 Å². The van der Waals surface area contributed by atoms with Crippen LogP contribution in [0.4, 0.5) is 18.0 Å². The first-order chi connectivity index (χ1) is 8.73. The van der Waals surface area contributed by atoms with Crippen molar-refractivity contribution in [1.29, 1.82) is 0 Å². The van der Waals surface area contributed by atoms with E-state index in [0.29, 0.717) is 0 Å². The van der Waals surface area contributed by atoms with Gasteiger partial charge in [0, 0.05) is 0 Å². The van der Waals surface area contributed by atoms with E-state index in [1.807, 2.05) is 5.32 Å². The standard InChI is InChI=1S/C11H19F3N2O4/c1-9(2,3)20-7(17)10(4,19)5-15-8(18)16-6-11(12,13)14/h19H,5-6H2,1-4H3,(H2,15,16,18). The lowest BCUT2D eigenvalue weighted by molar-refractivity contribution is -0.174. The van der Waals surface area contributed by atoms with Crippen LogP contribution in [0, 0.1) is 0 Å². The van der Waals surface area contributed by atoms with Gasteiger partial charge in [-0.1, -0.05) is 0 Å². The molecule has 0 fully saturated rings. The summed E-state index contributed by atoms with van der Waals surface area (Å²) in [5.74, 6) is -0.985. The quantitative estimate of drug-likeness (QED) is 0.674. The first-order valence-corrected chi connectivity index (χ1v) is 5.77. The molecule has 0 aliphatic heterocycles. The third-order valence-corrected chi connectivity index (χ3v) is 1.88. The van der Waals surface area contributed by atoms with Gasteiger partial charge in [-0.05, 0) is 27.7 Å². The molecular weight excluding hydrogens is 281 g/mol. The maximum Gasteiger partial charge on any atom is 0.405 e. The lowest BCUT2D eigenvalue weighted by atomic mass is 10.1. The summed E-state index contributed by atoms with van der Waals surface area (Å²) in [6.45, 7) is 3.77. The van der Waals surface area contributed by atoms with Crippen LogP contribution in [0.2, 0.25) is 0 Å². The molecule has 0 spiro atoms.